The van der Waals surface area contributed by atoms with Crippen molar-refractivity contribution in [2.24, 2.45) is 5.92 Å². The highest BCUT2D eigenvalue weighted by molar-refractivity contribution is 7.85. The minimum atomic E-state index is -3.51. The first kappa shape index (κ1) is 21.4. The van der Waals surface area contributed by atoms with Crippen molar-refractivity contribution in [2.75, 3.05) is 39.0 Å². The van der Waals surface area contributed by atoms with Gasteiger partial charge in [0.15, 0.2) is 0 Å². The van der Waals surface area contributed by atoms with Crippen LogP contribution in [0.15, 0.2) is 0 Å². The van der Waals surface area contributed by atoms with E-state index in [1.54, 1.807) is 4.90 Å². The predicted octanol–water partition coefficient (Wildman–Crippen LogP) is 2.46. The third-order valence-electron chi connectivity index (χ3n) is 5.27. The Morgan fingerprint density at radius 2 is 1.85 bits per heavy atom. The van der Waals surface area contributed by atoms with Crippen molar-refractivity contribution in [1.29, 1.82) is 0 Å². The number of unbranched alkanes of at least 4 members (excludes halogenated alkanes) is 1. The number of hydrogen-bond donors (Lipinski definition) is 0. The molecule has 1 atom stereocenters. The molecule has 0 saturated carbocycles. The van der Waals surface area contributed by atoms with E-state index < -0.39 is 16.2 Å². The summed E-state index contributed by atoms with van der Waals surface area (Å²) in [7, 11) is -3.51. The average Bonchev–Trinajstić information content (AvgIpc) is 2.89. The number of ether oxygens (including phenoxy) is 1. The number of likely N-dealkylation sites (tertiary alicyclic amines) is 1. The number of carbonyl (C=O) groups excluding carboxylic acids is 1. The SMILES string of the molecule is CC(C)(C)N1CCC(CCCCN2CC(COS(C)(=O)=O)OC2=O)CC1. The van der Waals surface area contributed by atoms with Crippen LogP contribution >= 0.6 is 0 Å². The molecule has 0 N–H and O–H groups in total. The Labute approximate surface area is 158 Å². The zero-order chi connectivity index (χ0) is 19.4. The van der Waals surface area contributed by atoms with Crippen LogP contribution in [0.4, 0.5) is 4.79 Å². The van der Waals surface area contributed by atoms with Gasteiger partial charge in [0.1, 0.15) is 12.7 Å². The van der Waals surface area contributed by atoms with Crippen molar-refractivity contribution >= 4 is 16.2 Å². The van der Waals surface area contributed by atoms with Gasteiger partial charge in [-0.05, 0) is 59.0 Å². The molecular weight excluding hydrogens is 356 g/mol. The first-order valence-corrected chi connectivity index (χ1v) is 11.4. The van der Waals surface area contributed by atoms with Crippen molar-refractivity contribution in [3.8, 4) is 0 Å². The normalized spacial score (nSPS) is 23.5. The Kier molecular flexibility index (Phi) is 7.33. The van der Waals surface area contributed by atoms with Gasteiger partial charge in [-0.1, -0.05) is 12.8 Å². The summed E-state index contributed by atoms with van der Waals surface area (Å²) in [6.07, 6.45) is 5.91. The quantitative estimate of drug-likeness (QED) is 0.468. The standard InChI is InChI=1S/C18H34N2O5S/c1-18(2,3)20-11-8-15(9-12-20)7-5-6-10-19-13-16(25-17(19)21)14-24-26(4,22)23/h15-16H,5-14H2,1-4H3. The molecule has 2 aliphatic rings. The fourth-order valence-corrected chi connectivity index (χ4v) is 4.07. The van der Waals surface area contributed by atoms with E-state index in [2.05, 4.69) is 25.7 Å². The second-order valence-electron chi connectivity index (χ2n) is 8.54. The molecule has 2 aliphatic heterocycles. The summed E-state index contributed by atoms with van der Waals surface area (Å²) in [6.45, 7) is 10.1. The Morgan fingerprint density at radius 1 is 1.19 bits per heavy atom. The van der Waals surface area contributed by atoms with Gasteiger partial charge < -0.3 is 9.64 Å². The molecule has 26 heavy (non-hydrogen) atoms. The van der Waals surface area contributed by atoms with Crippen LogP contribution in [0, 0.1) is 5.92 Å². The summed E-state index contributed by atoms with van der Waals surface area (Å²) >= 11 is 0. The number of amides is 1. The highest BCUT2D eigenvalue weighted by Crippen LogP contribution is 2.27. The molecule has 2 fully saturated rings. The Balaban J connectivity index is 1.60. The Hall–Kier alpha value is -0.860. The smallest absolute Gasteiger partial charge is 0.410 e. The van der Waals surface area contributed by atoms with Gasteiger partial charge in [0.05, 0.1) is 12.8 Å². The Bertz CT molecular complexity index is 565. The molecule has 2 saturated heterocycles. The second kappa shape index (κ2) is 8.89. The van der Waals surface area contributed by atoms with Gasteiger partial charge in [0.2, 0.25) is 0 Å². The lowest BCUT2D eigenvalue weighted by Crippen LogP contribution is -2.46. The lowest BCUT2D eigenvalue weighted by Gasteiger charge is -2.41. The van der Waals surface area contributed by atoms with Crippen molar-refractivity contribution in [2.45, 2.75) is 64.5 Å². The van der Waals surface area contributed by atoms with Gasteiger partial charge in [-0.3, -0.25) is 9.08 Å². The van der Waals surface area contributed by atoms with Crippen LogP contribution < -0.4 is 0 Å². The van der Waals surface area contributed by atoms with E-state index >= 15 is 0 Å². The molecule has 0 spiro atoms. The fraction of sp³-hybridized carbons (Fsp3) is 0.944. The molecule has 152 valence electrons. The first-order chi connectivity index (χ1) is 12.0. The van der Waals surface area contributed by atoms with Crippen molar-refractivity contribution in [3.63, 3.8) is 0 Å². The molecule has 0 radical (unpaired) electrons. The molecule has 2 rings (SSSR count). The van der Waals surface area contributed by atoms with E-state index in [1.807, 2.05) is 0 Å². The van der Waals surface area contributed by atoms with Crippen LogP contribution in [-0.4, -0.2) is 75.0 Å². The number of nitrogens with zero attached hydrogens (tertiary/aromatic N) is 2. The van der Waals surface area contributed by atoms with Crippen LogP contribution in [0.3, 0.4) is 0 Å². The first-order valence-electron chi connectivity index (χ1n) is 9.59. The van der Waals surface area contributed by atoms with Crippen LogP contribution in [-0.2, 0) is 19.0 Å². The molecule has 0 aliphatic carbocycles. The van der Waals surface area contributed by atoms with Gasteiger partial charge in [0, 0.05) is 12.1 Å². The number of carbonyl (C=O) groups is 1. The van der Waals surface area contributed by atoms with Crippen molar-refractivity contribution in [3.05, 3.63) is 0 Å². The maximum atomic E-state index is 11.8. The zero-order valence-electron chi connectivity index (χ0n) is 16.6. The van der Waals surface area contributed by atoms with Gasteiger partial charge in [-0.2, -0.15) is 8.42 Å². The van der Waals surface area contributed by atoms with Gasteiger partial charge in [-0.25, -0.2) is 4.79 Å². The number of rotatable bonds is 8. The predicted molar refractivity (Wildman–Crippen MR) is 101 cm³/mol. The highest BCUT2D eigenvalue weighted by Gasteiger charge is 2.32. The summed E-state index contributed by atoms with van der Waals surface area (Å²) in [6, 6.07) is 0. The van der Waals surface area contributed by atoms with Crippen molar-refractivity contribution in [1.82, 2.24) is 9.80 Å². The summed E-state index contributed by atoms with van der Waals surface area (Å²) in [5.74, 6) is 0.787. The lowest BCUT2D eigenvalue weighted by molar-refractivity contribution is 0.0845. The molecule has 0 aromatic carbocycles. The lowest BCUT2D eigenvalue weighted by atomic mass is 9.89. The minimum Gasteiger partial charge on any atom is -0.442 e. The van der Waals surface area contributed by atoms with Crippen LogP contribution in [0.1, 0.15) is 52.9 Å². The average molecular weight is 391 g/mol. The van der Waals surface area contributed by atoms with Crippen molar-refractivity contribution < 1.29 is 22.1 Å². The fourth-order valence-electron chi connectivity index (χ4n) is 3.67. The Morgan fingerprint density at radius 3 is 2.42 bits per heavy atom. The summed E-state index contributed by atoms with van der Waals surface area (Å²) < 4.78 is 31.9. The zero-order valence-corrected chi connectivity index (χ0v) is 17.4. The molecule has 0 aromatic heterocycles. The summed E-state index contributed by atoms with van der Waals surface area (Å²) in [5.41, 5.74) is 0.262. The second-order valence-corrected chi connectivity index (χ2v) is 10.2. The molecule has 0 aromatic rings. The maximum absolute atomic E-state index is 11.8. The third-order valence-corrected chi connectivity index (χ3v) is 5.84. The van der Waals surface area contributed by atoms with E-state index in [0.717, 1.165) is 25.0 Å². The van der Waals surface area contributed by atoms with E-state index in [4.69, 9.17) is 8.92 Å². The molecule has 0 bridgehead atoms. The molecule has 1 unspecified atom stereocenters. The monoisotopic (exact) mass is 390 g/mol. The third kappa shape index (κ3) is 7.04. The topological polar surface area (TPSA) is 76.2 Å². The van der Waals surface area contributed by atoms with Gasteiger partial charge in [0.25, 0.3) is 10.1 Å². The van der Waals surface area contributed by atoms with Gasteiger partial charge in [-0.15, -0.1) is 0 Å². The highest BCUT2D eigenvalue weighted by atomic mass is 32.2. The summed E-state index contributed by atoms with van der Waals surface area (Å²) in [4.78, 5) is 16.0. The largest absolute Gasteiger partial charge is 0.442 e. The van der Waals surface area contributed by atoms with Crippen LogP contribution in [0.2, 0.25) is 0 Å². The maximum Gasteiger partial charge on any atom is 0.410 e. The van der Waals surface area contributed by atoms with E-state index in [0.29, 0.717) is 13.1 Å². The number of piperidine rings is 1. The summed E-state index contributed by atoms with van der Waals surface area (Å²) in [5, 5.41) is 0. The molecule has 7 nitrogen and oxygen atoms in total. The number of hydrogen-bond acceptors (Lipinski definition) is 6. The molecule has 8 heteroatoms. The van der Waals surface area contributed by atoms with Crippen LogP contribution in [0.25, 0.3) is 0 Å². The molecule has 2 heterocycles. The number of cyclic esters (lactones) is 1. The van der Waals surface area contributed by atoms with Crippen LogP contribution in [0.5, 0.6) is 0 Å². The molecular formula is C18H34N2O5S. The van der Waals surface area contributed by atoms with E-state index in [1.165, 1.54) is 32.4 Å². The minimum absolute atomic E-state index is 0.104. The molecule has 1 amide bonds. The van der Waals surface area contributed by atoms with E-state index in [-0.39, 0.29) is 18.2 Å². The van der Waals surface area contributed by atoms with E-state index in [9.17, 15) is 13.2 Å². The van der Waals surface area contributed by atoms with Gasteiger partial charge >= 0.3 is 6.09 Å².